The molecule has 3 saturated heterocycles. The molecule has 13 nitrogen and oxygen atoms in total. The van der Waals surface area contributed by atoms with Crippen molar-refractivity contribution in [3.05, 3.63) is 56.9 Å². The normalized spacial score (nSPS) is 20.0. The average Bonchev–Trinajstić information content (AvgIpc) is 3.21. The van der Waals surface area contributed by atoms with Crippen LogP contribution in [0.25, 0.3) is 11.0 Å². The van der Waals surface area contributed by atoms with Gasteiger partial charge in [-0.2, -0.15) is 0 Å². The van der Waals surface area contributed by atoms with Gasteiger partial charge in [0.2, 0.25) is 11.8 Å². The van der Waals surface area contributed by atoms with E-state index < -0.39 is 34.3 Å². The first kappa shape index (κ1) is 28.2. The third-order valence-electron chi connectivity index (χ3n) is 7.99. The minimum absolute atomic E-state index is 0.0725. The number of nitro groups is 1. The summed E-state index contributed by atoms with van der Waals surface area (Å²) in [5, 5.41) is 13.1. The zero-order valence-corrected chi connectivity index (χ0v) is 23.2. The van der Waals surface area contributed by atoms with Crippen LogP contribution in [-0.2, 0) is 16.6 Å². The number of carbonyl (C=O) groups is 2. The monoisotopic (exact) mass is 568 g/mol. The molecule has 3 aromatic rings. The largest absolute Gasteiger partial charge is 0.366 e. The first-order chi connectivity index (χ1) is 19.7. The van der Waals surface area contributed by atoms with Crippen molar-refractivity contribution >= 4 is 40.0 Å². The summed E-state index contributed by atoms with van der Waals surface area (Å²) in [7, 11) is 1.57. The molecule has 1 atom stereocenters. The fourth-order valence-corrected chi connectivity index (χ4v) is 5.83. The van der Waals surface area contributed by atoms with Gasteiger partial charge in [0.1, 0.15) is 17.4 Å². The molecule has 1 N–H and O–H groups in total. The number of nitrogens with one attached hydrogen (secondary N) is 1. The van der Waals surface area contributed by atoms with Gasteiger partial charge in [0.15, 0.2) is 6.20 Å². The lowest BCUT2D eigenvalue weighted by molar-refractivity contribution is -0.389. The molecule has 0 spiro atoms. The number of nitrogens with zero attached hydrogens (tertiary/aromatic N) is 7. The van der Waals surface area contributed by atoms with Crippen molar-refractivity contribution in [2.24, 2.45) is 7.05 Å². The SMILES string of the molecule is CC.Cn1c(=O)n(C2CCC(=O)NC2=O)c2c(F)ccc(N3CC(N4CCN(c5ccc([N+](=O)[O-])nc5)CC4)C3)c21. The van der Waals surface area contributed by atoms with Crippen molar-refractivity contribution in [2.45, 2.75) is 38.8 Å². The Balaban J connectivity index is 0.00000165. The smallest absolute Gasteiger partial charge is 0.363 e. The summed E-state index contributed by atoms with van der Waals surface area (Å²) in [5.41, 5.74) is 1.58. The van der Waals surface area contributed by atoms with Crippen LogP contribution in [0.2, 0.25) is 0 Å². The van der Waals surface area contributed by atoms with Gasteiger partial charge in [-0.1, -0.05) is 13.8 Å². The minimum atomic E-state index is -0.949. The topological polar surface area (TPSA) is 139 Å². The van der Waals surface area contributed by atoms with Crippen molar-refractivity contribution in [3.63, 3.8) is 0 Å². The van der Waals surface area contributed by atoms with Crippen LogP contribution >= 0.6 is 0 Å². The Hall–Kier alpha value is -4.33. The number of benzene rings is 1. The number of imide groups is 1. The van der Waals surface area contributed by atoms with Gasteiger partial charge >= 0.3 is 11.5 Å². The number of hydrogen-bond acceptors (Lipinski definition) is 9. The molecule has 2 aromatic heterocycles. The summed E-state index contributed by atoms with van der Waals surface area (Å²) in [6.45, 7) is 8.58. The fourth-order valence-electron chi connectivity index (χ4n) is 5.83. The molecule has 3 aliphatic rings. The lowest BCUT2D eigenvalue weighted by atomic mass is 10.0. The second kappa shape index (κ2) is 11.3. The lowest BCUT2D eigenvalue weighted by Crippen LogP contribution is -2.63. The molecule has 0 aliphatic carbocycles. The van der Waals surface area contributed by atoms with Crippen molar-refractivity contribution in [2.75, 3.05) is 49.1 Å². The van der Waals surface area contributed by atoms with Gasteiger partial charge < -0.3 is 19.9 Å². The van der Waals surface area contributed by atoms with E-state index in [1.165, 1.54) is 27.5 Å². The zero-order valence-electron chi connectivity index (χ0n) is 23.2. The molecule has 1 aromatic carbocycles. The minimum Gasteiger partial charge on any atom is -0.366 e. The van der Waals surface area contributed by atoms with Gasteiger partial charge in [0.25, 0.3) is 0 Å². The zero-order chi connectivity index (χ0) is 29.4. The maximum absolute atomic E-state index is 15.1. The molecule has 218 valence electrons. The number of piperidine rings is 1. The number of pyridine rings is 1. The Morgan fingerprint density at radius 1 is 1.00 bits per heavy atom. The van der Waals surface area contributed by atoms with Gasteiger partial charge in [-0.15, -0.1) is 0 Å². The van der Waals surface area contributed by atoms with Crippen LogP contribution in [-0.4, -0.2) is 81.1 Å². The highest BCUT2D eigenvalue weighted by Gasteiger charge is 2.37. The second-order valence-electron chi connectivity index (χ2n) is 10.2. The van der Waals surface area contributed by atoms with Crippen LogP contribution in [0.3, 0.4) is 0 Å². The van der Waals surface area contributed by atoms with Crippen molar-refractivity contribution in [1.82, 2.24) is 24.3 Å². The Kier molecular flexibility index (Phi) is 7.76. The molecule has 5 heterocycles. The third-order valence-corrected chi connectivity index (χ3v) is 7.99. The number of amides is 2. The fraction of sp³-hybridized carbons (Fsp3) is 0.481. The number of aromatic nitrogens is 3. The number of piperazine rings is 1. The molecule has 41 heavy (non-hydrogen) atoms. The van der Waals surface area contributed by atoms with E-state index in [9.17, 15) is 24.5 Å². The molecule has 3 aliphatic heterocycles. The van der Waals surface area contributed by atoms with E-state index >= 15 is 4.39 Å². The van der Waals surface area contributed by atoms with Crippen LogP contribution in [0.4, 0.5) is 21.6 Å². The number of carbonyl (C=O) groups excluding carboxylic acids is 2. The van der Waals surface area contributed by atoms with E-state index in [-0.39, 0.29) is 30.2 Å². The van der Waals surface area contributed by atoms with Crippen LogP contribution in [0.15, 0.2) is 35.3 Å². The van der Waals surface area contributed by atoms with Gasteiger partial charge in [-0.25, -0.2) is 9.18 Å². The Morgan fingerprint density at radius 3 is 2.32 bits per heavy atom. The van der Waals surface area contributed by atoms with Crippen molar-refractivity contribution in [3.8, 4) is 0 Å². The number of hydrogen-bond donors (Lipinski definition) is 1. The number of halogens is 1. The predicted octanol–water partition coefficient (Wildman–Crippen LogP) is 1.80. The number of rotatable bonds is 5. The summed E-state index contributed by atoms with van der Waals surface area (Å²) in [5.74, 6) is -1.77. The molecular weight excluding hydrogens is 535 g/mol. The molecular formula is C27H33FN8O5. The van der Waals surface area contributed by atoms with Gasteiger partial charge in [-0.05, 0) is 34.5 Å². The first-order valence-corrected chi connectivity index (χ1v) is 13.8. The molecule has 14 heteroatoms. The Labute approximate surface area is 235 Å². The summed E-state index contributed by atoms with van der Waals surface area (Å²) < 4.78 is 17.7. The molecule has 0 radical (unpaired) electrons. The van der Waals surface area contributed by atoms with Gasteiger partial charge in [-0.3, -0.25) is 28.9 Å². The van der Waals surface area contributed by atoms with Gasteiger partial charge in [0, 0.05) is 64.8 Å². The predicted molar refractivity (Wildman–Crippen MR) is 151 cm³/mol. The Bertz CT molecular complexity index is 1540. The summed E-state index contributed by atoms with van der Waals surface area (Å²) >= 11 is 0. The van der Waals surface area contributed by atoms with E-state index in [2.05, 4.69) is 25.0 Å². The Morgan fingerprint density at radius 2 is 1.71 bits per heavy atom. The maximum atomic E-state index is 15.1. The number of aryl methyl sites for hydroxylation is 1. The van der Waals surface area contributed by atoms with E-state index in [0.717, 1.165) is 37.6 Å². The number of anilines is 2. The highest BCUT2D eigenvalue weighted by Crippen LogP contribution is 2.34. The molecule has 0 bridgehead atoms. The quantitative estimate of drug-likeness (QED) is 0.277. The van der Waals surface area contributed by atoms with E-state index in [0.29, 0.717) is 18.6 Å². The van der Waals surface area contributed by atoms with Crippen LogP contribution in [0.5, 0.6) is 0 Å². The molecule has 0 saturated carbocycles. The number of imidazole rings is 1. The second-order valence-corrected chi connectivity index (χ2v) is 10.2. The third kappa shape index (κ3) is 5.03. The summed E-state index contributed by atoms with van der Waals surface area (Å²) in [4.78, 5) is 58.2. The van der Waals surface area contributed by atoms with E-state index in [1.54, 1.807) is 19.2 Å². The summed E-state index contributed by atoms with van der Waals surface area (Å²) in [6.07, 6.45) is 1.76. The van der Waals surface area contributed by atoms with Crippen LogP contribution < -0.4 is 20.8 Å². The molecule has 6 rings (SSSR count). The van der Waals surface area contributed by atoms with Gasteiger partial charge in [0.05, 0.1) is 16.9 Å². The molecule has 3 fully saturated rings. The van der Waals surface area contributed by atoms with Crippen molar-refractivity contribution in [1.29, 1.82) is 0 Å². The average molecular weight is 569 g/mol. The number of fused-ring (bicyclic) bond motifs is 1. The highest BCUT2D eigenvalue weighted by molar-refractivity contribution is 6.00. The first-order valence-electron chi connectivity index (χ1n) is 13.8. The van der Waals surface area contributed by atoms with E-state index in [4.69, 9.17) is 0 Å². The standard InChI is InChI=1S/C25H27FN8O5.C2H6/c1-29-23-18(4-3-17(26)22(23)33(25(29)37)19-5-7-21(35)28-24(19)36)32-13-16(14-32)31-10-8-30(9-11-31)15-2-6-20(27-12-15)34(38)39;1-2/h2-4,6,12,16,19H,5,7-11,13-14H2,1H3,(H,28,35,36);1-2H3. The van der Waals surface area contributed by atoms with Crippen LogP contribution in [0.1, 0.15) is 32.7 Å². The van der Waals surface area contributed by atoms with Crippen molar-refractivity contribution < 1.29 is 18.9 Å². The van der Waals surface area contributed by atoms with E-state index in [1.807, 2.05) is 13.8 Å². The van der Waals surface area contributed by atoms with Crippen LogP contribution in [0, 0.1) is 15.9 Å². The maximum Gasteiger partial charge on any atom is 0.363 e. The lowest BCUT2D eigenvalue weighted by Gasteiger charge is -2.49. The molecule has 1 unspecified atom stereocenters. The highest BCUT2D eigenvalue weighted by atomic mass is 19.1. The summed E-state index contributed by atoms with van der Waals surface area (Å²) in [6, 6.07) is 5.46. The molecule has 2 amide bonds.